The topological polar surface area (TPSA) is 64.6 Å². The molecule has 1 aliphatic heterocycles. The van der Waals surface area contributed by atoms with Crippen molar-refractivity contribution in [1.29, 1.82) is 0 Å². The van der Waals surface area contributed by atoms with Crippen molar-refractivity contribution in [3.8, 4) is 11.5 Å². The maximum atomic E-state index is 12.8. The van der Waals surface area contributed by atoms with Gasteiger partial charge in [-0.1, -0.05) is 13.8 Å². The Morgan fingerprint density at radius 3 is 2.32 bits per heavy atom. The summed E-state index contributed by atoms with van der Waals surface area (Å²) in [6.07, 6.45) is 0.861. The fourth-order valence-electron chi connectivity index (χ4n) is 2.71. The Morgan fingerprint density at radius 2 is 1.64 bits per heavy atom. The third kappa shape index (κ3) is 5.07. The number of carbonyl (C=O) groups excluding carboxylic acids is 2. The van der Waals surface area contributed by atoms with Gasteiger partial charge in [0, 0.05) is 28.5 Å². The van der Waals surface area contributed by atoms with E-state index in [2.05, 4.69) is 5.32 Å². The molecular weight excluding hydrogens is 374 g/mol. The number of hydrogen-bond donors (Lipinski definition) is 1. The van der Waals surface area contributed by atoms with Gasteiger partial charge in [-0.05, 0) is 49.4 Å². The van der Waals surface area contributed by atoms with Crippen LogP contribution in [0.2, 0.25) is 0 Å². The van der Waals surface area contributed by atoms with Crippen molar-refractivity contribution in [3.63, 3.8) is 0 Å². The van der Waals surface area contributed by atoms with Crippen molar-refractivity contribution in [2.45, 2.75) is 37.3 Å². The molecule has 28 heavy (non-hydrogen) atoms. The van der Waals surface area contributed by atoms with Gasteiger partial charge < -0.3 is 14.8 Å². The average Bonchev–Trinajstić information content (AvgIpc) is 2.93. The van der Waals surface area contributed by atoms with Crippen molar-refractivity contribution >= 4 is 29.1 Å². The van der Waals surface area contributed by atoms with Crippen LogP contribution in [0, 0.1) is 5.92 Å². The van der Waals surface area contributed by atoms with Crippen LogP contribution in [0.25, 0.3) is 0 Å². The van der Waals surface area contributed by atoms with E-state index in [1.807, 2.05) is 39.0 Å². The number of thioether (sulfide) groups is 1. The molecular formula is C22H25NO4S. The highest BCUT2D eigenvalue weighted by Crippen LogP contribution is 2.35. The Morgan fingerprint density at radius 1 is 0.964 bits per heavy atom. The summed E-state index contributed by atoms with van der Waals surface area (Å²) in [7, 11) is 0. The molecule has 0 saturated carbocycles. The van der Waals surface area contributed by atoms with Gasteiger partial charge in [0.15, 0.2) is 17.3 Å². The maximum absolute atomic E-state index is 12.8. The van der Waals surface area contributed by atoms with Crippen molar-refractivity contribution in [2.75, 3.05) is 18.5 Å². The molecule has 0 saturated heterocycles. The van der Waals surface area contributed by atoms with E-state index in [0.717, 1.165) is 22.8 Å². The number of anilines is 1. The van der Waals surface area contributed by atoms with Gasteiger partial charge in [0.2, 0.25) is 5.91 Å². The van der Waals surface area contributed by atoms with E-state index in [1.165, 1.54) is 11.8 Å². The first-order valence-corrected chi connectivity index (χ1v) is 10.3. The minimum Gasteiger partial charge on any atom is -0.490 e. The molecule has 1 amide bonds. The summed E-state index contributed by atoms with van der Waals surface area (Å²) < 4.78 is 11.4. The first-order chi connectivity index (χ1) is 13.4. The second-order valence-corrected chi connectivity index (χ2v) is 8.42. The predicted octanol–water partition coefficient (Wildman–Crippen LogP) is 4.81. The average molecular weight is 400 g/mol. The SMILES string of the molecule is CC(C)C(=O)Nc1ccc(C(=O)[C@H](C)Sc2ccc3c(c2)OCCCO3)cc1. The van der Waals surface area contributed by atoms with Gasteiger partial charge in [-0.25, -0.2) is 0 Å². The Bertz CT molecular complexity index is 848. The minimum absolute atomic E-state index is 0.0406. The molecule has 0 spiro atoms. The Labute approximate surface area is 169 Å². The van der Waals surface area contributed by atoms with E-state index in [-0.39, 0.29) is 22.9 Å². The van der Waals surface area contributed by atoms with E-state index < -0.39 is 0 Å². The number of fused-ring (bicyclic) bond motifs is 1. The quantitative estimate of drug-likeness (QED) is 0.558. The first-order valence-electron chi connectivity index (χ1n) is 9.45. The number of nitrogens with one attached hydrogen (secondary N) is 1. The van der Waals surface area contributed by atoms with Crippen molar-refractivity contribution < 1.29 is 19.1 Å². The molecule has 6 heteroatoms. The standard InChI is InChI=1S/C22H25NO4S/c1-14(2)22(25)23-17-7-5-16(6-8-17)21(24)15(3)28-18-9-10-19-20(13-18)27-12-4-11-26-19/h5-10,13-15H,4,11-12H2,1-3H3,(H,23,25)/t15-/m0/s1. The van der Waals surface area contributed by atoms with Crippen LogP contribution in [0.4, 0.5) is 5.69 Å². The van der Waals surface area contributed by atoms with Gasteiger partial charge in [-0.15, -0.1) is 11.8 Å². The van der Waals surface area contributed by atoms with Crippen LogP contribution in [-0.4, -0.2) is 30.2 Å². The molecule has 0 aliphatic carbocycles. The number of rotatable bonds is 6. The molecule has 1 atom stereocenters. The van der Waals surface area contributed by atoms with Crippen LogP contribution < -0.4 is 14.8 Å². The molecule has 1 N–H and O–H groups in total. The van der Waals surface area contributed by atoms with Crippen molar-refractivity contribution in [2.24, 2.45) is 5.92 Å². The molecule has 2 aromatic rings. The number of benzene rings is 2. The number of hydrogen-bond acceptors (Lipinski definition) is 5. The molecule has 0 unspecified atom stereocenters. The Balaban J connectivity index is 1.64. The zero-order chi connectivity index (χ0) is 20.1. The van der Waals surface area contributed by atoms with Crippen LogP contribution in [0.1, 0.15) is 37.6 Å². The highest BCUT2D eigenvalue weighted by Gasteiger charge is 2.18. The highest BCUT2D eigenvalue weighted by molar-refractivity contribution is 8.00. The van der Waals surface area contributed by atoms with Gasteiger partial charge >= 0.3 is 0 Å². The summed E-state index contributed by atoms with van der Waals surface area (Å²) in [6.45, 7) is 6.86. The van der Waals surface area contributed by atoms with Crippen molar-refractivity contribution in [3.05, 3.63) is 48.0 Å². The van der Waals surface area contributed by atoms with Crippen LogP contribution in [0.5, 0.6) is 11.5 Å². The van der Waals surface area contributed by atoms with Crippen LogP contribution in [0.3, 0.4) is 0 Å². The fraction of sp³-hybridized carbons (Fsp3) is 0.364. The number of ketones is 1. The van der Waals surface area contributed by atoms with E-state index in [1.54, 1.807) is 24.3 Å². The minimum atomic E-state index is -0.249. The third-order valence-electron chi connectivity index (χ3n) is 4.36. The fourth-order valence-corrected chi connectivity index (χ4v) is 3.69. The second-order valence-electron chi connectivity index (χ2n) is 7.00. The second kappa shape index (κ2) is 9.15. The van der Waals surface area contributed by atoms with E-state index in [9.17, 15) is 9.59 Å². The zero-order valence-electron chi connectivity index (χ0n) is 16.4. The Hall–Kier alpha value is -2.47. The molecule has 2 aromatic carbocycles. The van der Waals surface area contributed by atoms with Gasteiger partial charge in [-0.3, -0.25) is 9.59 Å². The van der Waals surface area contributed by atoms with Crippen LogP contribution >= 0.6 is 11.8 Å². The van der Waals surface area contributed by atoms with Crippen molar-refractivity contribution in [1.82, 2.24) is 0 Å². The normalized spacial score (nSPS) is 14.3. The summed E-state index contributed by atoms with van der Waals surface area (Å²) in [5.74, 6) is 1.39. The zero-order valence-corrected chi connectivity index (χ0v) is 17.2. The molecule has 1 heterocycles. The monoisotopic (exact) mass is 399 g/mol. The molecule has 0 bridgehead atoms. The summed E-state index contributed by atoms with van der Waals surface area (Å²) in [4.78, 5) is 25.5. The molecule has 0 radical (unpaired) electrons. The maximum Gasteiger partial charge on any atom is 0.226 e. The summed E-state index contributed by atoms with van der Waals surface area (Å²) in [5.41, 5.74) is 1.32. The third-order valence-corrected chi connectivity index (χ3v) is 5.46. The van der Waals surface area contributed by atoms with Gasteiger partial charge in [-0.2, -0.15) is 0 Å². The number of Topliss-reactive ketones (excluding diaryl/α,β-unsaturated/α-hetero) is 1. The lowest BCUT2D eigenvalue weighted by Crippen LogP contribution is -2.18. The van der Waals surface area contributed by atoms with Gasteiger partial charge in [0.1, 0.15) is 0 Å². The summed E-state index contributed by atoms with van der Waals surface area (Å²) in [6, 6.07) is 12.8. The lowest BCUT2D eigenvalue weighted by molar-refractivity contribution is -0.118. The lowest BCUT2D eigenvalue weighted by Gasteiger charge is -2.13. The number of ether oxygens (including phenoxy) is 2. The molecule has 148 valence electrons. The van der Waals surface area contributed by atoms with Gasteiger partial charge in [0.25, 0.3) is 0 Å². The van der Waals surface area contributed by atoms with Gasteiger partial charge in [0.05, 0.1) is 18.5 Å². The summed E-state index contributed by atoms with van der Waals surface area (Å²) in [5, 5.41) is 2.58. The molecule has 1 aliphatic rings. The molecule has 0 fully saturated rings. The highest BCUT2D eigenvalue weighted by atomic mass is 32.2. The first kappa shape index (κ1) is 20.3. The predicted molar refractivity (Wildman–Crippen MR) is 112 cm³/mol. The van der Waals surface area contributed by atoms with E-state index >= 15 is 0 Å². The molecule has 5 nitrogen and oxygen atoms in total. The number of carbonyl (C=O) groups is 2. The van der Waals surface area contributed by atoms with E-state index in [0.29, 0.717) is 24.5 Å². The van der Waals surface area contributed by atoms with Crippen LogP contribution in [-0.2, 0) is 4.79 Å². The van der Waals surface area contributed by atoms with E-state index in [4.69, 9.17) is 9.47 Å². The summed E-state index contributed by atoms with van der Waals surface area (Å²) >= 11 is 1.49. The molecule has 3 rings (SSSR count). The van der Waals surface area contributed by atoms with Crippen LogP contribution in [0.15, 0.2) is 47.4 Å². The largest absolute Gasteiger partial charge is 0.490 e. The smallest absolute Gasteiger partial charge is 0.226 e. The molecule has 0 aromatic heterocycles. The number of amides is 1. The lowest BCUT2D eigenvalue weighted by atomic mass is 10.1. The Kier molecular flexibility index (Phi) is 6.62.